The van der Waals surface area contributed by atoms with Crippen LogP contribution in [0.4, 0.5) is 13.2 Å². The fraction of sp³-hybridized carbons (Fsp3) is 0.273. The van der Waals surface area contributed by atoms with E-state index in [-0.39, 0.29) is 24.3 Å². The lowest BCUT2D eigenvalue weighted by molar-refractivity contribution is -0.274. The smallest absolute Gasteiger partial charge is 0.497 e. The van der Waals surface area contributed by atoms with Gasteiger partial charge in [-0.3, -0.25) is 10.2 Å². The molecule has 0 saturated carbocycles. The summed E-state index contributed by atoms with van der Waals surface area (Å²) in [4.78, 5) is 12.8. The topological polar surface area (TPSA) is 90.5 Å². The highest BCUT2D eigenvalue weighted by Crippen LogP contribution is 2.26. The van der Waals surface area contributed by atoms with Crippen LogP contribution >= 0.6 is 0 Å². The van der Waals surface area contributed by atoms with Crippen molar-refractivity contribution in [3.63, 3.8) is 0 Å². The molecule has 2 aromatic carbocycles. The van der Waals surface area contributed by atoms with E-state index in [2.05, 4.69) is 10.1 Å². The summed E-state index contributed by atoms with van der Waals surface area (Å²) in [6.07, 6.45) is -1.64. The fourth-order valence-electron chi connectivity index (χ4n) is 3.18. The number of benzene rings is 2. The molecule has 0 aliphatic heterocycles. The molecule has 1 heterocycles. The molecule has 33 heavy (non-hydrogen) atoms. The van der Waals surface area contributed by atoms with Gasteiger partial charge in [-0.2, -0.15) is 0 Å². The molecule has 1 aromatic heterocycles. The molecule has 8 nitrogen and oxygen atoms in total. The average molecular weight is 464 g/mol. The van der Waals surface area contributed by atoms with E-state index in [9.17, 15) is 18.0 Å². The second kappa shape index (κ2) is 9.72. The molecule has 0 fully saturated rings. The van der Waals surface area contributed by atoms with E-state index in [1.165, 1.54) is 30.9 Å². The number of hydrogen-bond donors (Lipinski definition) is 2. The molecule has 2 N–H and O–H groups in total. The molecular weight excluding hydrogens is 441 g/mol. The van der Waals surface area contributed by atoms with Gasteiger partial charge in [0.2, 0.25) is 5.62 Å². The minimum absolute atomic E-state index is 0.00956. The third kappa shape index (κ3) is 6.31. The minimum atomic E-state index is -4.91. The summed E-state index contributed by atoms with van der Waals surface area (Å²) in [6.45, 7) is 0.179. The van der Waals surface area contributed by atoms with Gasteiger partial charge in [-0.15, -0.1) is 13.2 Å². The molecule has 11 heteroatoms. The summed E-state index contributed by atoms with van der Waals surface area (Å²) < 4.78 is 56.0. The maximum absolute atomic E-state index is 12.8. The molecule has 0 unspecified atom stereocenters. The van der Waals surface area contributed by atoms with Crippen LogP contribution in [0.15, 0.2) is 48.8 Å². The molecule has 0 saturated heterocycles. The number of hydrogen-bond acceptors (Lipinski definition) is 5. The lowest BCUT2D eigenvalue weighted by atomic mass is 10.1. The Morgan fingerprint density at radius 3 is 2.15 bits per heavy atom. The Labute approximate surface area is 187 Å². The van der Waals surface area contributed by atoms with E-state index < -0.39 is 18.0 Å². The van der Waals surface area contributed by atoms with E-state index in [1.54, 1.807) is 42.2 Å². The molecule has 0 radical (unpaired) electrons. The number of imidazole rings is 1. The third-order valence-electron chi connectivity index (χ3n) is 4.76. The number of halogens is 3. The van der Waals surface area contributed by atoms with Crippen molar-refractivity contribution in [1.29, 1.82) is 5.41 Å². The number of alkyl halides is 3. The van der Waals surface area contributed by atoms with Crippen molar-refractivity contribution in [1.82, 2.24) is 14.5 Å². The van der Waals surface area contributed by atoms with Crippen LogP contribution in [0.2, 0.25) is 0 Å². The largest absolute Gasteiger partial charge is 0.573 e. The van der Waals surface area contributed by atoms with Gasteiger partial charge in [0, 0.05) is 37.6 Å². The van der Waals surface area contributed by atoms with Crippen LogP contribution in [0, 0.1) is 5.41 Å². The Kier molecular flexibility index (Phi) is 7.00. The Balaban J connectivity index is 1.85. The Hall–Kier alpha value is -3.89. The number of nitrogens with zero attached hydrogens (tertiary/aromatic N) is 2. The van der Waals surface area contributed by atoms with Crippen LogP contribution in [-0.2, 0) is 20.1 Å². The zero-order valence-electron chi connectivity index (χ0n) is 18.2. The highest BCUT2D eigenvalue weighted by Gasteiger charge is 2.31. The number of methoxy groups -OCH3 is 2. The Morgan fingerprint density at radius 1 is 0.970 bits per heavy atom. The first-order valence-corrected chi connectivity index (χ1v) is 9.74. The number of aromatic nitrogens is 2. The lowest BCUT2D eigenvalue weighted by Gasteiger charge is -2.14. The van der Waals surface area contributed by atoms with Crippen LogP contribution in [-0.4, -0.2) is 35.6 Å². The summed E-state index contributed by atoms with van der Waals surface area (Å²) in [5.74, 6) is -0.0360. The Bertz CT molecular complexity index is 1180. The van der Waals surface area contributed by atoms with Crippen LogP contribution in [0.1, 0.15) is 21.5 Å². The van der Waals surface area contributed by atoms with Gasteiger partial charge in [-0.05, 0) is 41.5 Å². The number of rotatable bonds is 8. The molecule has 0 atom stereocenters. The third-order valence-corrected chi connectivity index (χ3v) is 4.76. The molecule has 0 aliphatic carbocycles. The zero-order chi connectivity index (χ0) is 24.2. The molecule has 3 aromatic rings. The summed E-state index contributed by atoms with van der Waals surface area (Å²) in [5.41, 5.74) is 1.19. The number of aryl methyl sites for hydroxylation is 1. The van der Waals surface area contributed by atoms with Crippen LogP contribution in [0.3, 0.4) is 0 Å². The van der Waals surface area contributed by atoms with E-state index in [1.807, 2.05) is 0 Å². The minimum Gasteiger partial charge on any atom is -0.497 e. The monoisotopic (exact) mass is 464 g/mol. The van der Waals surface area contributed by atoms with Gasteiger partial charge in [0.25, 0.3) is 5.91 Å². The first-order valence-electron chi connectivity index (χ1n) is 9.74. The standard InChI is InChI=1S/C22H23F3N4O4/c1-28-4-5-29(21(28)26)13-15-6-16(10-19(9-15)33-22(23,24)25)20(30)27-12-14-7-17(31-2)11-18(8-14)32-3/h4-11,26H,12-13H2,1-3H3,(H,27,30). The van der Waals surface area contributed by atoms with Crippen molar-refractivity contribution < 1.29 is 32.2 Å². The predicted octanol–water partition coefficient (Wildman–Crippen LogP) is 3.20. The highest BCUT2D eigenvalue weighted by molar-refractivity contribution is 5.94. The van der Waals surface area contributed by atoms with Gasteiger partial charge in [-0.25, -0.2) is 0 Å². The lowest BCUT2D eigenvalue weighted by Crippen LogP contribution is -2.25. The quantitative estimate of drug-likeness (QED) is 0.536. The zero-order valence-corrected chi connectivity index (χ0v) is 18.2. The van der Waals surface area contributed by atoms with Crippen molar-refractivity contribution in [3.8, 4) is 17.2 Å². The summed E-state index contributed by atoms with van der Waals surface area (Å²) in [7, 11) is 4.67. The number of nitrogens with one attached hydrogen (secondary N) is 2. The van der Waals surface area contributed by atoms with Crippen molar-refractivity contribution in [3.05, 3.63) is 71.1 Å². The van der Waals surface area contributed by atoms with Gasteiger partial charge >= 0.3 is 6.36 Å². The van der Waals surface area contributed by atoms with Gasteiger partial charge in [0.05, 0.1) is 20.8 Å². The number of amides is 1. The SMILES string of the molecule is COc1cc(CNC(=O)c2cc(Cn3ccn(C)c3=N)cc(OC(F)(F)F)c2)cc(OC)c1. The van der Waals surface area contributed by atoms with E-state index in [0.29, 0.717) is 22.6 Å². The van der Waals surface area contributed by atoms with Gasteiger partial charge in [0.1, 0.15) is 17.2 Å². The van der Waals surface area contributed by atoms with Gasteiger partial charge in [-0.1, -0.05) is 0 Å². The summed E-state index contributed by atoms with van der Waals surface area (Å²) in [6, 6.07) is 8.77. The molecule has 0 bridgehead atoms. The number of carbonyl (C=O) groups excluding carboxylic acids is 1. The number of carbonyl (C=O) groups is 1. The highest BCUT2D eigenvalue weighted by atomic mass is 19.4. The average Bonchev–Trinajstić information content (AvgIpc) is 3.07. The summed E-state index contributed by atoms with van der Waals surface area (Å²) >= 11 is 0. The summed E-state index contributed by atoms with van der Waals surface area (Å²) in [5, 5.41) is 10.7. The van der Waals surface area contributed by atoms with Crippen LogP contribution in [0.5, 0.6) is 17.2 Å². The Morgan fingerprint density at radius 2 is 1.61 bits per heavy atom. The molecule has 0 aliphatic rings. The molecule has 0 spiro atoms. The van der Waals surface area contributed by atoms with Crippen molar-refractivity contribution in [2.75, 3.05) is 14.2 Å². The predicted molar refractivity (Wildman–Crippen MR) is 112 cm³/mol. The van der Waals surface area contributed by atoms with Crippen LogP contribution < -0.4 is 25.1 Å². The van der Waals surface area contributed by atoms with E-state index >= 15 is 0 Å². The maximum Gasteiger partial charge on any atom is 0.573 e. The van der Waals surface area contributed by atoms with Gasteiger partial charge in [0.15, 0.2) is 0 Å². The molecule has 3 rings (SSSR count). The van der Waals surface area contributed by atoms with Crippen molar-refractivity contribution in [2.24, 2.45) is 7.05 Å². The van der Waals surface area contributed by atoms with Crippen molar-refractivity contribution in [2.45, 2.75) is 19.5 Å². The first-order chi connectivity index (χ1) is 15.6. The second-order valence-corrected chi connectivity index (χ2v) is 7.18. The first kappa shape index (κ1) is 23.8. The maximum atomic E-state index is 12.8. The van der Waals surface area contributed by atoms with Crippen LogP contribution in [0.25, 0.3) is 0 Å². The fourth-order valence-corrected chi connectivity index (χ4v) is 3.18. The van der Waals surface area contributed by atoms with Gasteiger partial charge < -0.3 is 28.7 Å². The van der Waals surface area contributed by atoms with E-state index in [4.69, 9.17) is 14.9 Å². The molecule has 1 amide bonds. The normalized spacial score (nSPS) is 11.2. The van der Waals surface area contributed by atoms with E-state index in [0.717, 1.165) is 6.07 Å². The molecule has 176 valence electrons. The van der Waals surface area contributed by atoms with Crippen molar-refractivity contribution >= 4 is 5.91 Å². The molecular formula is C22H23F3N4O4. The second-order valence-electron chi connectivity index (χ2n) is 7.18. The number of ether oxygens (including phenoxy) is 3.